The summed E-state index contributed by atoms with van der Waals surface area (Å²) < 4.78 is 5.28. The van der Waals surface area contributed by atoms with E-state index in [-0.39, 0.29) is 5.97 Å². The minimum Gasteiger partial charge on any atom is -0.461 e. The van der Waals surface area contributed by atoms with Crippen LogP contribution in [0.15, 0.2) is 54.6 Å². The maximum absolute atomic E-state index is 11.8. The van der Waals surface area contributed by atoms with Crippen molar-refractivity contribution < 1.29 is 9.53 Å². The highest BCUT2D eigenvalue weighted by Crippen LogP contribution is 2.16. The van der Waals surface area contributed by atoms with Gasteiger partial charge in [0.1, 0.15) is 6.61 Å². The van der Waals surface area contributed by atoms with Crippen LogP contribution < -0.4 is 0 Å². The molecule has 0 saturated carbocycles. The van der Waals surface area contributed by atoms with E-state index in [9.17, 15) is 4.79 Å². The molecule has 138 valence electrons. The van der Waals surface area contributed by atoms with Gasteiger partial charge in [0.15, 0.2) is 0 Å². The quantitative estimate of drug-likeness (QED) is 0.321. The van der Waals surface area contributed by atoms with Gasteiger partial charge in [0.05, 0.1) is 0 Å². The SMILES string of the molecule is C=C(/C=C/CC(C)CCCC(C)C)CCC(=O)OCc1ccccc1. The Labute approximate surface area is 154 Å². The van der Waals surface area contributed by atoms with Gasteiger partial charge in [-0.3, -0.25) is 4.79 Å². The van der Waals surface area contributed by atoms with Crippen LogP contribution >= 0.6 is 0 Å². The number of ether oxygens (including phenoxy) is 1. The molecule has 0 radical (unpaired) electrons. The van der Waals surface area contributed by atoms with Gasteiger partial charge in [-0.2, -0.15) is 0 Å². The average molecular weight is 343 g/mol. The molecule has 0 N–H and O–H groups in total. The number of benzene rings is 1. The van der Waals surface area contributed by atoms with Crippen molar-refractivity contribution in [2.75, 3.05) is 0 Å². The predicted octanol–water partition coefficient (Wildman–Crippen LogP) is 6.47. The molecular formula is C23H34O2. The fourth-order valence-corrected chi connectivity index (χ4v) is 2.62. The predicted molar refractivity (Wildman–Crippen MR) is 106 cm³/mol. The minimum absolute atomic E-state index is 0.166. The lowest BCUT2D eigenvalue weighted by Gasteiger charge is -2.10. The number of esters is 1. The molecular weight excluding hydrogens is 308 g/mol. The number of rotatable bonds is 12. The molecule has 1 unspecified atom stereocenters. The molecule has 1 rings (SSSR count). The van der Waals surface area contributed by atoms with E-state index in [0.717, 1.165) is 23.5 Å². The Morgan fingerprint density at radius 1 is 1.12 bits per heavy atom. The first-order valence-electron chi connectivity index (χ1n) is 9.51. The molecule has 0 saturated heterocycles. The van der Waals surface area contributed by atoms with Crippen LogP contribution in [0.2, 0.25) is 0 Å². The van der Waals surface area contributed by atoms with E-state index >= 15 is 0 Å². The van der Waals surface area contributed by atoms with Crippen LogP contribution in [0.5, 0.6) is 0 Å². The molecule has 0 heterocycles. The van der Waals surface area contributed by atoms with Gasteiger partial charge in [-0.1, -0.05) is 94.7 Å². The summed E-state index contributed by atoms with van der Waals surface area (Å²) in [6.07, 6.45) is 10.3. The zero-order valence-corrected chi connectivity index (χ0v) is 16.2. The van der Waals surface area contributed by atoms with Crippen LogP contribution in [0.3, 0.4) is 0 Å². The summed E-state index contributed by atoms with van der Waals surface area (Å²) in [7, 11) is 0. The summed E-state index contributed by atoms with van der Waals surface area (Å²) in [4.78, 5) is 11.8. The van der Waals surface area contributed by atoms with E-state index in [4.69, 9.17) is 4.74 Å². The van der Waals surface area contributed by atoms with Crippen LogP contribution in [0.4, 0.5) is 0 Å². The van der Waals surface area contributed by atoms with Crippen molar-refractivity contribution >= 4 is 5.97 Å². The summed E-state index contributed by atoms with van der Waals surface area (Å²) in [5, 5.41) is 0. The van der Waals surface area contributed by atoms with Crippen molar-refractivity contribution in [1.29, 1.82) is 0 Å². The second-order valence-electron chi connectivity index (χ2n) is 7.37. The second-order valence-corrected chi connectivity index (χ2v) is 7.37. The highest BCUT2D eigenvalue weighted by molar-refractivity contribution is 5.69. The molecule has 0 amide bonds. The van der Waals surface area contributed by atoms with Crippen molar-refractivity contribution in [1.82, 2.24) is 0 Å². The number of carbonyl (C=O) groups is 1. The lowest BCUT2D eigenvalue weighted by molar-refractivity contribution is -0.144. The monoisotopic (exact) mass is 342 g/mol. The number of hydrogen-bond donors (Lipinski definition) is 0. The van der Waals surface area contributed by atoms with E-state index in [2.05, 4.69) is 39.5 Å². The molecule has 1 atom stereocenters. The van der Waals surface area contributed by atoms with E-state index < -0.39 is 0 Å². The molecule has 0 aliphatic rings. The largest absolute Gasteiger partial charge is 0.461 e. The first-order valence-corrected chi connectivity index (χ1v) is 9.51. The number of carbonyl (C=O) groups excluding carboxylic acids is 1. The van der Waals surface area contributed by atoms with Crippen LogP contribution in [-0.2, 0) is 16.1 Å². The van der Waals surface area contributed by atoms with Crippen molar-refractivity contribution in [2.45, 2.75) is 65.9 Å². The van der Waals surface area contributed by atoms with Crippen LogP contribution in [0.25, 0.3) is 0 Å². The lowest BCUT2D eigenvalue weighted by Crippen LogP contribution is -2.04. The van der Waals surface area contributed by atoms with Gasteiger partial charge in [0, 0.05) is 6.42 Å². The smallest absolute Gasteiger partial charge is 0.306 e. The standard InChI is InChI=1S/C23H34O2/c1-19(2)10-8-11-20(3)12-9-13-21(4)16-17-23(24)25-18-22-14-6-5-7-15-22/h5-7,9,13-15,19-20H,4,8,10-12,16-18H2,1-3H3/b13-9+. The Balaban J connectivity index is 2.13. The van der Waals surface area contributed by atoms with Gasteiger partial charge in [-0.15, -0.1) is 0 Å². The van der Waals surface area contributed by atoms with Gasteiger partial charge in [-0.25, -0.2) is 0 Å². The maximum atomic E-state index is 11.8. The summed E-state index contributed by atoms with van der Waals surface area (Å²) in [5.41, 5.74) is 2.01. The molecule has 2 heteroatoms. The summed E-state index contributed by atoms with van der Waals surface area (Å²) in [5.74, 6) is 1.34. The van der Waals surface area contributed by atoms with E-state index in [1.54, 1.807) is 0 Å². The van der Waals surface area contributed by atoms with Crippen LogP contribution in [0.1, 0.15) is 64.9 Å². The Kier molecular flexibility index (Phi) is 10.6. The normalized spacial score (nSPS) is 12.5. The summed E-state index contributed by atoms with van der Waals surface area (Å²) in [6.45, 7) is 11.2. The lowest BCUT2D eigenvalue weighted by atomic mass is 9.97. The van der Waals surface area contributed by atoms with Crippen molar-refractivity contribution in [3.8, 4) is 0 Å². The summed E-state index contributed by atoms with van der Waals surface area (Å²) in [6, 6.07) is 9.75. The fraction of sp³-hybridized carbons (Fsp3) is 0.522. The fourth-order valence-electron chi connectivity index (χ4n) is 2.62. The van der Waals surface area contributed by atoms with Gasteiger partial charge < -0.3 is 4.74 Å². The van der Waals surface area contributed by atoms with Crippen molar-refractivity contribution in [3.63, 3.8) is 0 Å². The van der Waals surface area contributed by atoms with Gasteiger partial charge in [0.25, 0.3) is 0 Å². The molecule has 0 aliphatic carbocycles. The Bertz CT molecular complexity index is 528. The highest BCUT2D eigenvalue weighted by Gasteiger charge is 2.04. The van der Waals surface area contributed by atoms with Crippen molar-refractivity contribution in [2.24, 2.45) is 11.8 Å². The first kappa shape index (κ1) is 21.2. The van der Waals surface area contributed by atoms with Crippen LogP contribution in [-0.4, -0.2) is 5.97 Å². The molecule has 0 bridgehead atoms. The Morgan fingerprint density at radius 3 is 2.52 bits per heavy atom. The third kappa shape index (κ3) is 11.4. The number of hydrogen-bond acceptors (Lipinski definition) is 2. The Morgan fingerprint density at radius 2 is 1.84 bits per heavy atom. The number of allylic oxidation sites excluding steroid dienone is 3. The molecule has 1 aromatic rings. The zero-order valence-electron chi connectivity index (χ0n) is 16.2. The maximum Gasteiger partial charge on any atom is 0.306 e. The molecule has 25 heavy (non-hydrogen) atoms. The van der Waals surface area contributed by atoms with E-state index in [0.29, 0.717) is 25.4 Å². The third-order valence-electron chi connectivity index (χ3n) is 4.26. The van der Waals surface area contributed by atoms with Gasteiger partial charge >= 0.3 is 5.97 Å². The molecule has 0 aliphatic heterocycles. The second kappa shape index (κ2) is 12.5. The Hall–Kier alpha value is -1.83. The zero-order chi connectivity index (χ0) is 18.5. The van der Waals surface area contributed by atoms with Gasteiger partial charge in [0.2, 0.25) is 0 Å². The third-order valence-corrected chi connectivity index (χ3v) is 4.26. The van der Waals surface area contributed by atoms with Crippen molar-refractivity contribution in [3.05, 3.63) is 60.2 Å². The highest BCUT2D eigenvalue weighted by atomic mass is 16.5. The van der Waals surface area contributed by atoms with Gasteiger partial charge in [-0.05, 0) is 30.2 Å². The summed E-state index contributed by atoms with van der Waals surface area (Å²) >= 11 is 0. The topological polar surface area (TPSA) is 26.3 Å². The minimum atomic E-state index is -0.166. The molecule has 1 aromatic carbocycles. The molecule has 0 spiro atoms. The molecule has 2 nitrogen and oxygen atoms in total. The first-order chi connectivity index (χ1) is 12.0. The molecule has 0 aromatic heterocycles. The average Bonchev–Trinajstić information content (AvgIpc) is 2.58. The van der Waals surface area contributed by atoms with E-state index in [1.165, 1.54) is 19.3 Å². The van der Waals surface area contributed by atoms with E-state index in [1.807, 2.05) is 30.3 Å². The van der Waals surface area contributed by atoms with Crippen LogP contribution in [0, 0.1) is 11.8 Å². The molecule has 0 fully saturated rings.